The van der Waals surface area contributed by atoms with E-state index in [2.05, 4.69) is 5.32 Å². The fourth-order valence-electron chi connectivity index (χ4n) is 1.57. The maximum absolute atomic E-state index is 11.7. The predicted octanol–water partition coefficient (Wildman–Crippen LogP) is 1.29. The van der Waals surface area contributed by atoms with E-state index in [1.54, 1.807) is 0 Å². The molecule has 1 aliphatic rings. The normalized spacial score (nSPS) is 18.7. The van der Waals surface area contributed by atoms with E-state index in [1.165, 1.54) is 31.7 Å². The molecule has 2 unspecified atom stereocenters. The quantitative estimate of drug-likeness (QED) is 0.745. The van der Waals surface area contributed by atoms with Crippen LogP contribution in [0, 0.1) is 5.92 Å². The molecule has 16 heavy (non-hydrogen) atoms. The number of carboxylic acids is 1. The Morgan fingerprint density at radius 2 is 2.00 bits per heavy atom. The van der Waals surface area contributed by atoms with Crippen LogP contribution in [0.1, 0.15) is 33.1 Å². The van der Waals surface area contributed by atoms with Crippen LogP contribution in [0.25, 0.3) is 0 Å². The molecule has 2 N–H and O–H groups in total. The minimum Gasteiger partial charge on any atom is -0.480 e. The molecule has 2 atom stereocenters. The summed E-state index contributed by atoms with van der Waals surface area (Å²) < 4.78 is 0. The molecule has 0 aliphatic heterocycles. The Hall–Kier alpha value is -1.26. The average molecular weight is 228 g/mol. The molecular weight excluding hydrogens is 208 g/mol. The maximum Gasteiger partial charge on any atom is 0.326 e. The highest BCUT2D eigenvalue weighted by Gasteiger charge is 2.26. The molecule has 0 heterocycles. The smallest absolute Gasteiger partial charge is 0.326 e. The third-order valence-corrected chi connectivity index (χ3v) is 3.01. The first-order valence-electron chi connectivity index (χ1n) is 5.68. The molecule has 0 spiro atoms. The summed E-state index contributed by atoms with van der Waals surface area (Å²) in [4.78, 5) is 23.6. The lowest BCUT2D eigenvalue weighted by atomic mass is 10.2. The molecule has 0 radical (unpaired) electrons. The molecule has 0 saturated heterocycles. The Morgan fingerprint density at radius 3 is 2.44 bits per heavy atom. The van der Waals surface area contributed by atoms with Gasteiger partial charge < -0.3 is 15.3 Å². The van der Waals surface area contributed by atoms with Gasteiger partial charge >= 0.3 is 12.0 Å². The van der Waals surface area contributed by atoms with E-state index in [0.29, 0.717) is 0 Å². The lowest BCUT2D eigenvalue weighted by molar-refractivity contribution is -0.141. The van der Waals surface area contributed by atoms with E-state index in [4.69, 9.17) is 5.11 Å². The van der Waals surface area contributed by atoms with Gasteiger partial charge in [0.15, 0.2) is 0 Å². The standard InChI is InChI=1S/C11H20N2O3/c1-7(6-9-4-5-9)12-11(16)13(3)8(2)10(14)15/h7-9H,4-6H2,1-3H3,(H,12,16)(H,14,15). The van der Waals surface area contributed by atoms with Crippen molar-refractivity contribution in [2.75, 3.05) is 7.05 Å². The van der Waals surface area contributed by atoms with Crippen LogP contribution in [0.15, 0.2) is 0 Å². The Bertz CT molecular complexity index is 276. The van der Waals surface area contributed by atoms with Crippen molar-refractivity contribution in [1.82, 2.24) is 10.2 Å². The van der Waals surface area contributed by atoms with Crippen LogP contribution < -0.4 is 5.32 Å². The van der Waals surface area contributed by atoms with Crippen LogP contribution in [0.3, 0.4) is 0 Å². The second-order valence-corrected chi connectivity index (χ2v) is 4.65. The number of amides is 2. The fourth-order valence-corrected chi connectivity index (χ4v) is 1.57. The van der Waals surface area contributed by atoms with Crippen molar-refractivity contribution in [2.24, 2.45) is 5.92 Å². The zero-order valence-electron chi connectivity index (χ0n) is 10.1. The molecule has 1 rings (SSSR count). The van der Waals surface area contributed by atoms with E-state index < -0.39 is 12.0 Å². The molecule has 2 amide bonds. The van der Waals surface area contributed by atoms with E-state index in [1.807, 2.05) is 6.92 Å². The van der Waals surface area contributed by atoms with E-state index in [9.17, 15) is 9.59 Å². The van der Waals surface area contributed by atoms with Gasteiger partial charge in [0.25, 0.3) is 0 Å². The Balaban J connectivity index is 2.34. The van der Waals surface area contributed by atoms with Gasteiger partial charge in [0, 0.05) is 13.1 Å². The summed E-state index contributed by atoms with van der Waals surface area (Å²) in [5.41, 5.74) is 0. The summed E-state index contributed by atoms with van der Waals surface area (Å²) in [6.45, 7) is 3.45. The van der Waals surface area contributed by atoms with Crippen molar-refractivity contribution in [1.29, 1.82) is 0 Å². The number of carbonyl (C=O) groups is 2. The molecule has 5 heteroatoms. The van der Waals surface area contributed by atoms with Gasteiger partial charge in [-0.15, -0.1) is 0 Å². The minimum atomic E-state index is -0.993. The zero-order valence-corrected chi connectivity index (χ0v) is 10.1. The summed E-state index contributed by atoms with van der Waals surface area (Å²) in [5.74, 6) is -0.245. The highest BCUT2D eigenvalue weighted by Crippen LogP contribution is 2.33. The topological polar surface area (TPSA) is 69.6 Å². The lowest BCUT2D eigenvalue weighted by Gasteiger charge is -2.24. The predicted molar refractivity (Wildman–Crippen MR) is 60.2 cm³/mol. The Labute approximate surface area is 95.8 Å². The largest absolute Gasteiger partial charge is 0.480 e. The molecule has 0 bridgehead atoms. The van der Waals surface area contributed by atoms with Crippen LogP contribution in [0.4, 0.5) is 4.79 Å². The van der Waals surface area contributed by atoms with Gasteiger partial charge in [-0.05, 0) is 26.2 Å². The van der Waals surface area contributed by atoms with Crippen LogP contribution in [0.5, 0.6) is 0 Å². The number of carboxylic acid groups (broad SMARTS) is 1. The van der Waals surface area contributed by atoms with Crippen LogP contribution in [-0.2, 0) is 4.79 Å². The Morgan fingerprint density at radius 1 is 1.44 bits per heavy atom. The molecular formula is C11H20N2O3. The second kappa shape index (κ2) is 5.18. The molecule has 0 aromatic carbocycles. The average Bonchev–Trinajstić information content (AvgIpc) is 2.98. The number of likely N-dealkylation sites (N-methyl/N-ethyl adjacent to an activating group) is 1. The van der Waals surface area contributed by atoms with Crippen LogP contribution in [-0.4, -0.2) is 41.1 Å². The number of nitrogens with zero attached hydrogens (tertiary/aromatic N) is 1. The summed E-state index contributed by atoms with van der Waals surface area (Å²) in [7, 11) is 1.50. The number of hydrogen-bond donors (Lipinski definition) is 2. The number of aliphatic carboxylic acids is 1. The second-order valence-electron chi connectivity index (χ2n) is 4.65. The van der Waals surface area contributed by atoms with Crippen molar-refractivity contribution in [3.63, 3.8) is 0 Å². The third kappa shape index (κ3) is 3.72. The molecule has 5 nitrogen and oxygen atoms in total. The van der Waals surface area contributed by atoms with Crippen LogP contribution in [0.2, 0.25) is 0 Å². The van der Waals surface area contributed by atoms with Crippen molar-refractivity contribution in [3.05, 3.63) is 0 Å². The highest BCUT2D eigenvalue weighted by atomic mass is 16.4. The molecule has 1 saturated carbocycles. The van der Waals surface area contributed by atoms with E-state index in [-0.39, 0.29) is 12.1 Å². The van der Waals surface area contributed by atoms with Crippen molar-refractivity contribution >= 4 is 12.0 Å². The first-order chi connectivity index (χ1) is 7.41. The maximum atomic E-state index is 11.7. The minimum absolute atomic E-state index is 0.114. The number of nitrogens with one attached hydrogen (secondary N) is 1. The summed E-state index contributed by atoms with van der Waals surface area (Å²) in [6.07, 6.45) is 3.49. The van der Waals surface area contributed by atoms with Crippen LogP contribution >= 0.6 is 0 Å². The summed E-state index contributed by atoms with van der Waals surface area (Å²) >= 11 is 0. The molecule has 1 aliphatic carbocycles. The third-order valence-electron chi connectivity index (χ3n) is 3.01. The first kappa shape index (κ1) is 12.8. The number of hydrogen-bond acceptors (Lipinski definition) is 2. The molecule has 92 valence electrons. The molecule has 1 fully saturated rings. The zero-order chi connectivity index (χ0) is 12.3. The Kier molecular flexibility index (Phi) is 4.15. The number of rotatable bonds is 5. The van der Waals surface area contributed by atoms with Gasteiger partial charge in [0.2, 0.25) is 0 Å². The van der Waals surface area contributed by atoms with Crippen molar-refractivity contribution in [3.8, 4) is 0 Å². The van der Waals surface area contributed by atoms with Gasteiger partial charge in [-0.1, -0.05) is 12.8 Å². The fraction of sp³-hybridized carbons (Fsp3) is 0.818. The molecule has 0 aromatic rings. The number of carbonyl (C=O) groups excluding carboxylic acids is 1. The lowest BCUT2D eigenvalue weighted by Crippen LogP contribution is -2.48. The summed E-state index contributed by atoms with van der Waals surface area (Å²) in [5, 5.41) is 11.6. The SMILES string of the molecule is CC(CC1CC1)NC(=O)N(C)C(C)C(=O)O. The van der Waals surface area contributed by atoms with Gasteiger partial charge in [-0.3, -0.25) is 0 Å². The monoisotopic (exact) mass is 228 g/mol. The first-order valence-corrected chi connectivity index (χ1v) is 5.68. The summed E-state index contributed by atoms with van der Waals surface area (Å²) in [6, 6.07) is -1.00. The molecule has 0 aromatic heterocycles. The highest BCUT2D eigenvalue weighted by molar-refractivity contribution is 5.82. The van der Waals surface area contributed by atoms with E-state index in [0.717, 1.165) is 12.3 Å². The van der Waals surface area contributed by atoms with Gasteiger partial charge in [0.05, 0.1) is 0 Å². The van der Waals surface area contributed by atoms with Gasteiger partial charge in [0.1, 0.15) is 6.04 Å². The van der Waals surface area contributed by atoms with E-state index >= 15 is 0 Å². The van der Waals surface area contributed by atoms with Gasteiger partial charge in [-0.25, -0.2) is 9.59 Å². The van der Waals surface area contributed by atoms with Crippen molar-refractivity contribution < 1.29 is 14.7 Å². The van der Waals surface area contributed by atoms with Crippen molar-refractivity contribution in [2.45, 2.75) is 45.2 Å². The number of urea groups is 1. The van der Waals surface area contributed by atoms with Gasteiger partial charge in [-0.2, -0.15) is 0 Å².